The van der Waals surface area contributed by atoms with Gasteiger partial charge in [0.1, 0.15) is 0 Å². The molecule has 3 heterocycles. The third-order valence-corrected chi connectivity index (χ3v) is 9.80. The van der Waals surface area contributed by atoms with E-state index < -0.39 is 0 Å². The second-order valence-corrected chi connectivity index (χ2v) is 12.8. The predicted octanol–water partition coefficient (Wildman–Crippen LogP) is 11.9. The molecule has 0 atom stereocenters. The van der Waals surface area contributed by atoms with Crippen molar-refractivity contribution in [1.82, 2.24) is 19.5 Å². The quantitative estimate of drug-likeness (QED) is 0.186. The van der Waals surface area contributed by atoms with Crippen LogP contribution in [0.5, 0.6) is 0 Å². The topological polar surface area (TPSA) is 43.6 Å². The molecule has 4 heteroatoms. The van der Waals surface area contributed by atoms with Gasteiger partial charge in [-0.05, 0) is 35.7 Å². The molecule has 0 aliphatic rings. The number of fused-ring (bicyclic) bond motifs is 6. The van der Waals surface area contributed by atoms with Crippen molar-refractivity contribution in [3.8, 4) is 50.8 Å². The van der Waals surface area contributed by atoms with Gasteiger partial charge in [0.05, 0.1) is 39.3 Å². The Hall–Kier alpha value is -6.91. The van der Waals surface area contributed by atoms with Gasteiger partial charge >= 0.3 is 0 Å². The summed E-state index contributed by atoms with van der Waals surface area (Å²) in [5.74, 6) is 0.696. The summed E-state index contributed by atoms with van der Waals surface area (Å²) in [4.78, 5) is 15.7. The summed E-state index contributed by atoms with van der Waals surface area (Å²) in [6.07, 6.45) is 0. The highest BCUT2D eigenvalue weighted by Crippen LogP contribution is 2.43. The van der Waals surface area contributed by atoms with Crippen molar-refractivity contribution >= 4 is 43.5 Å². The molecular weight excluding hydrogens is 621 g/mol. The monoisotopic (exact) mass is 650 g/mol. The lowest BCUT2D eigenvalue weighted by molar-refractivity contribution is 1.18. The Labute approximate surface area is 295 Å². The van der Waals surface area contributed by atoms with Crippen molar-refractivity contribution in [2.45, 2.75) is 0 Å². The van der Waals surface area contributed by atoms with Gasteiger partial charge in [0, 0.05) is 43.8 Å². The number of hydrogen-bond acceptors (Lipinski definition) is 3. The van der Waals surface area contributed by atoms with Crippen molar-refractivity contribution in [1.29, 1.82) is 0 Å². The van der Waals surface area contributed by atoms with Crippen molar-refractivity contribution in [2.75, 3.05) is 0 Å². The van der Waals surface area contributed by atoms with Crippen molar-refractivity contribution in [3.05, 3.63) is 182 Å². The zero-order valence-corrected chi connectivity index (χ0v) is 27.6. The van der Waals surface area contributed by atoms with Crippen LogP contribution in [0.15, 0.2) is 182 Å². The molecule has 0 amide bonds. The molecule has 0 bridgehead atoms. The molecule has 0 radical (unpaired) electrons. The minimum Gasteiger partial charge on any atom is -0.308 e. The summed E-state index contributed by atoms with van der Waals surface area (Å²) < 4.78 is 2.43. The normalized spacial score (nSPS) is 11.5. The van der Waals surface area contributed by atoms with Crippen LogP contribution in [0.1, 0.15) is 0 Å². The van der Waals surface area contributed by atoms with Crippen LogP contribution in [0.25, 0.3) is 94.3 Å². The standard InChI is InChI=1S/C47H30N4/c1-4-16-31(17-5-1)40-30-41(32-18-6-2-7-19-32)50-47(49-40)36-28-29-43(35-23-11-10-22-34(35)36)51-42-27-15-13-25-38(42)44-45(33-20-8-3-9-21-33)48-39-26-14-12-24-37(39)46(44)51/h1-30H. The van der Waals surface area contributed by atoms with E-state index in [1.165, 1.54) is 5.39 Å². The van der Waals surface area contributed by atoms with Gasteiger partial charge in [-0.1, -0.05) is 152 Å². The molecule has 0 aliphatic carbocycles. The van der Waals surface area contributed by atoms with E-state index in [2.05, 4.69) is 174 Å². The fraction of sp³-hybridized carbons (Fsp3) is 0. The SMILES string of the molecule is c1ccc(-c2cc(-c3ccccc3)nc(-c3ccc(-n4c5ccccc5c5c(-c6ccccc6)nc6ccccc6c54)c4ccccc34)n2)cc1. The van der Waals surface area contributed by atoms with Crippen LogP contribution in [0.2, 0.25) is 0 Å². The molecular formula is C47H30N4. The first-order valence-corrected chi connectivity index (χ1v) is 17.2. The zero-order chi connectivity index (χ0) is 33.7. The van der Waals surface area contributed by atoms with E-state index >= 15 is 0 Å². The molecule has 0 fully saturated rings. The van der Waals surface area contributed by atoms with Crippen LogP contribution in [-0.2, 0) is 0 Å². The Kier molecular flexibility index (Phi) is 6.78. The Balaban J connectivity index is 1.28. The van der Waals surface area contributed by atoms with Gasteiger partial charge in [0.25, 0.3) is 0 Å². The summed E-state index contributed by atoms with van der Waals surface area (Å²) >= 11 is 0. The first-order chi connectivity index (χ1) is 25.3. The van der Waals surface area contributed by atoms with Crippen molar-refractivity contribution < 1.29 is 0 Å². The third kappa shape index (κ3) is 4.80. The Morgan fingerprint density at radius 1 is 0.392 bits per heavy atom. The molecule has 51 heavy (non-hydrogen) atoms. The van der Waals surface area contributed by atoms with Crippen LogP contribution in [-0.4, -0.2) is 19.5 Å². The molecule has 10 rings (SSSR count). The van der Waals surface area contributed by atoms with Gasteiger partial charge in [-0.15, -0.1) is 0 Å². The zero-order valence-electron chi connectivity index (χ0n) is 27.6. The Bertz CT molecular complexity index is 2840. The summed E-state index contributed by atoms with van der Waals surface area (Å²) in [6, 6.07) is 63.6. The molecule has 0 spiro atoms. The smallest absolute Gasteiger partial charge is 0.161 e. The van der Waals surface area contributed by atoms with E-state index in [-0.39, 0.29) is 0 Å². The van der Waals surface area contributed by atoms with Gasteiger partial charge < -0.3 is 4.57 Å². The number of para-hydroxylation sites is 2. The average molecular weight is 651 g/mol. The predicted molar refractivity (Wildman–Crippen MR) is 211 cm³/mol. The fourth-order valence-electron chi connectivity index (χ4n) is 7.49. The first kappa shape index (κ1) is 29.0. The minimum absolute atomic E-state index is 0.696. The second-order valence-electron chi connectivity index (χ2n) is 12.8. The minimum atomic E-state index is 0.696. The molecule has 3 aromatic heterocycles. The number of aromatic nitrogens is 4. The molecule has 10 aromatic rings. The highest BCUT2D eigenvalue weighted by atomic mass is 15.0. The Morgan fingerprint density at radius 2 is 0.922 bits per heavy atom. The third-order valence-electron chi connectivity index (χ3n) is 9.80. The van der Waals surface area contributed by atoms with E-state index in [1.807, 2.05) is 12.1 Å². The van der Waals surface area contributed by atoms with E-state index in [1.54, 1.807) is 0 Å². The van der Waals surface area contributed by atoms with E-state index in [0.29, 0.717) is 5.82 Å². The maximum Gasteiger partial charge on any atom is 0.161 e. The number of hydrogen-bond donors (Lipinski definition) is 0. The molecule has 0 saturated heterocycles. The summed E-state index contributed by atoms with van der Waals surface area (Å²) in [5, 5.41) is 5.64. The van der Waals surface area contributed by atoms with Crippen molar-refractivity contribution in [3.63, 3.8) is 0 Å². The van der Waals surface area contributed by atoms with Gasteiger partial charge in [-0.2, -0.15) is 0 Å². The molecule has 0 saturated carbocycles. The lowest BCUT2D eigenvalue weighted by Crippen LogP contribution is -2.00. The molecule has 238 valence electrons. The summed E-state index contributed by atoms with van der Waals surface area (Å²) in [7, 11) is 0. The summed E-state index contributed by atoms with van der Waals surface area (Å²) in [6.45, 7) is 0. The van der Waals surface area contributed by atoms with Gasteiger partial charge in [0.15, 0.2) is 5.82 Å². The lowest BCUT2D eigenvalue weighted by Gasteiger charge is -2.16. The maximum absolute atomic E-state index is 5.28. The molecule has 7 aromatic carbocycles. The van der Waals surface area contributed by atoms with Crippen LogP contribution in [0, 0.1) is 0 Å². The molecule has 4 nitrogen and oxygen atoms in total. The highest BCUT2D eigenvalue weighted by molar-refractivity contribution is 6.23. The van der Waals surface area contributed by atoms with Crippen LogP contribution in [0.4, 0.5) is 0 Å². The second kappa shape index (κ2) is 11.9. The fourth-order valence-corrected chi connectivity index (χ4v) is 7.49. The number of rotatable bonds is 5. The van der Waals surface area contributed by atoms with Crippen LogP contribution >= 0.6 is 0 Å². The average Bonchev–Trinajstić information content (AvgIpc) is 3.56. The maximum atomic E-state index is 5.28. The largest absolute Gasteiger partial charge is 0.308 e. The van der Waals surface area contributed by atoms with Gasteiger partial charge in [-0.25, -0.2) is 15.0 Å². The van der Waals surface area contributed by atoms with Gasteiger partial charge in [0.2, 0.25) is 0 Å². The first-order valence-electron chi connectivity index (χ1n) is 17.2. The van der Waals surface area contributed by atoms with Crippen LogP contribution in [0.3, 0.4) is 0 Å². The van der Waals surface area contributed by atoms with E-state index in [0.717, 1.165) is 83.1 Å². The molecule has 0 aliphatic heterocycles. The van der Waals surface area contributed by atoms with E-state index in [9.17, 15) is 0 Å². The number of benzene rings is 7. The molecule has 0 N–H and O–H groups in total. The van der Waals surface area contributed by atoms with Crippen LogP contribution < -0.4 is 0 Å². The number of pyridine rings is 1. The van der Waals surface area contributed by atoms with Gasteiger partial charge in [-0.3, -0.25) is 0 Å². The highest BCUT2D eigenvalue weighted by Gasteiger charge is 2.22. The lowest BCUT2D eigenvalue weighted by atomic mass is 10.0. The Morgan fingerprint density at radius 3 is 1.59 bits per heavy atom. The van der Waals surface area contributed by atoms with Crippen molar-refractivity contribution in [2.24, 2.45) is 0 Å². The van der Waals surface area contributed by atoms with E-state index in [4.69, 9.17) is 15.0 Å². The summed E-state index contributed by atoms with van der Waals surface area (Å²) in [5.41, 5.74) is 11.3. The number of nitrogens with zero attached hydrogens (tertiary/aromatic N) is 4. The molecule has 0 unspecified atom stereocenters.